The Labute approximate surface area is 104 Å². The largest absolute Gasteiger partial charge is 0.358 e. The second kappa shape index (κ2) is 8.98. The lowest BCUT2D eigenvalue weighted by Gasteiger charge is -2.21. The normalized spacial score (nSPS) is 12.0. The maximum absolute atomic E-state index is 11.9. The van der Waals surface area contributed by atoms with Crippen molar-refractivity contribution in [1.29, 1.82) is 0 Å². The molecule has 100 valence electrons. The molecule has 0 fully saturated rings. The summed E-state index contributed by atoms with van der Waals surface area (Å²) < 4.78 is 0. The molecular weight excluding hydrogens is 218 g/mol. The lowest BCUT2D eigenvalue weighted by molar-refractivity contribution is -0.136. The molecular formula is C12H25N3O2. The van der Waals surface area contributed by atoms with Crippen molar-refractivity contribution in [3.8, 4) is 0 Å². The summed E-state index contributed by atoms with van der Waals surface area (Å²) >= 11 is 0. The summed E-state index contributed by atoms with van der Waals surface area (Å²) in [6.45, 7) is 5.39. The SMILES string of the molecule is CCCN(CC(=O)NC)C(=O)CCC(C)CN. The number of amides is 2. The Morgan fingerprint density at radius 3 is 2.53 bits per heavy atom. The van der Waals surface area contributed by atoms with Gasteiger partial charge in [0.15, 0.2) is 0 Å². The third-order valence-electron chi connectivity index (χ3n) is 2.71. The molecule has 0 saturated carbocycles. The van der Waals surface area contributed by atoms with Crippen molar-refractivity contribution in [2.45, 2.75) is 33.1 Å². The Kier molecular flexibility index (Phi) is 8.40. The van der Waals surface area contributed by atoms with E-state index in [1.165, 1.54) is 0 Å². The van der Waals surface area contributed by atoms with Gasteiger partial charge in [-0.05, 0) is 25.3 Å². The number of rotatable bonds is 8. The maximum atomic E-state index is 11.9. The summed E-state index contributed by atoms with van der Waals surface area (Å²) in [5.74, 6) is 0.261. The molecule has 0 heterocycles. The highest BCUT2D eigenvalue weighted by Gasteiger charge is 2.16. The Morgan fingerprint density at radius 2 is 2.06 bits per heavy atom. The average Bonchev–Trinajstić information content (AvgIpc) is 2.34. The van der Waals surface area contributed by atoms with Gasteiger partial charge in [0.25, 0.3) is 0 Å². The topological polar surface area (TPSA) is 75.4 Å². The van der Waals surface area contributed by atoms with Crippen LogP contribution in [0, 0.1) is 5.92 Å². The Hall–Kier alpha value is -1.10. The van der Waals surface area contributed by atoms with Crippen LogP contribution in [0.1, 0.15) is 33.1 Å². The quantitative estimate of drug-likeness (QED) is 0.646. The molecule has 3 N–H and O–H groups in total. The molecule has 0 aromatic rings. The predicted octanol–water partition coefficient (Wildman–Crippen LogP) is 0.346. The molecule has 1 unspecified atom stereocenters. The number of nitrogens with two attached hydrogens (primary N) is 1. The van der Waals surface area contributed by atoms with Crippen LogP contribution in [-0.4, -0.2) is 43.4 Å². The molecule has 1 atom stereocenters. The van der Waals surface area contributed by atoms with E-state index in [9.17, 15) is 9.59 Å². The van der Waals surface area contributed by atoms with Crippen molar-refractivity contribution in [2.75, 3.05) is 26.7 Å². The third kappa shape index (κ3) is 6.94. The molecule has 17 heavy (non-hydrogen) atoms. The van der Waals surface area contributed by atoms with Crippen molar-refractivity contribution in [3.63, 3.8) is 0 Å². The first-order valence-corrected chi connectivity index (χ1v) is 6.23. The molecule has 2 amide bonds. The van der Waals surface area contributed by atoms with Crippen LogP contribution in [0.3, 0.4) is 0 Å². The van der Waals surface area contributed by atoms with Gasteiger partial charge < -0.3 is 16.0 Å². The van der Waals surface area contributed by atoms with Crippen molar-refractivity contribution < 1.29 is 9.59 Å². The second-order valence-electron chi connectivity index (χ2n) is 4.37. The zero-order valence-corrected chi connectivity index (χ0v) is 11.2. The highest BCUT2D eigenvalue weighted by atomic mass is 16.2. The van der Waals surface area contributed by atoms with Crippen LogP contribution in [0.25, 0.3) is 0 Å². The van der Waals surface area contributed by atoms with Gasteiger partial charge >= 0.3 is 0 Å². The third-order valence-corrected chi connectivity index (χ3v) is 2.71. The Bertz CT molecular complexity index is 244. The van der Waals surface area contributed by atoms with Crippen molar-refractivity contribution in [3.05, 3.63) is 0 Å². The number of nitrogens with one attached hydrogen (secondary N) is 1. The predicted molar refractivity (Wildman–Crippen MR) is 68.4 cm³/mol. The van der Waals surface area contributed by atoms with Gasteiger partial charge in [0.05, 0.1) is 6.54 Å². The van der Waals surface area contributed by atoms with E-state index in [1.807, 2.05) is 13.8 Å². The number of hydrogen-bond donors (Lipinski definition) is 2. The van der Waals surface area contributed by atoms with E-state index < -0.39 is 0 Å². The van der Waals surface area contributed by atoms with E-state index in [0.717, 1.165) is 12.8 Å². The number of carbonyl (C=O) groups excluding carboxylic acids is 2. The first-order valence-electron chi connectivity index (χ1n) is 6.23. The zero-order valence-electron chi connectivity index (χ0n) is 11.2. The smallest absolute Gasteiger partial charge is 0.239 e. The minimum atomic E-state index is -0.126. The summed E-state index contributed by atoms with van der Waals surface area (Å²) in [5.41, 5.74) is 5.51. The summed E-state index contributed by atoms with van der Waals surface area (Å²) in [5, 5.41) is 2.53. The van der Waals surface area contributed by atoms with E-state index in [0.29, 0.717) is 25.4 Å². The highest BCUT2D eigenvalue weighted by Crippen LogP contribution is 2.06. The standard InChI is InChI=1S/C12H25N3O2/c1-4-7-15(9-11(16)14-3)12(17)6-5-10(2)8-13/h10H,4-9,13H2,1-3H3,(H,14,16). The monoisotopic (exact) mass is 243 g/mol. The molecule has 0 bridgehead atoms. The minimum absolute atomic E-state index is 0.0377. The van der Waals surface area contributed by atoms with Gasteiger partial charge in [-0.25, -0.2) is 0 Å². The van der Waals surface area contributed by atoms with Crippen LogP contribution in [-0.2, 0) is 9.59 Å². The van der Waals surface area contributed by atoms with E-state index in [1.54, 1.807) is 11.9 Å². The van der Waals surface area contributed by atoms with E-state index in [2.05, 4.69) is 5.32 Å². The number of likely N-dealkylation sites (N-methyl/N-ethyl adjacent to an activating group) is 1. The zero-order chi connectivity index (χ0) is 13.3. The van der Waals surface area contributed by atoms with Crippen LogP contribution < -0.4 is 11.1 Å². The molecule has 0 aliphatic carbocycles. The van der Waals surface area contributed by atoms with Crippen molar-refractivity contribution >= 4 is 11.8 Å². The van der Waals surface area contributed by atoms with Gasteiger partial charge in [-0.3, -0.25) is 9.59 Å². The van der Waals surface area contributed by atoms with Gasteiger partial charge in [0, 0.05) is 20.0 Å². The Balaban J connectivity index is 4.18. The van der Waals surface area contributed by atoms with Crippen molar-refractivity contribution in [2.24, 2.45) is 11.7 Å². The van der Waals surface area contributed by atoms with Crippen LogP contribution in [0.4, 0.5) is 0 Å². The molecule has 0 aromatic carbocycles. The fraction of sp³-hybridized carbons (Fsp3) is 0.833. The molecule has 0 spiro atoms. The summed E-state index contributed by atoms with van der Waals surface area (Å²) in [4.78, 5) is 24.8. The number of carbonyl (C=O) groups is 2. The fourth-order valence-electron chi connectivity index (χ4n) is 1.46. The molecule has 0 saturated heterocycles. The van der Waals surface area contributed by atoms with Gasteiger partial charge in [0.2, 0.25) is 11.8 Å². The molecule has 0 aromatic heterocycles. The van der Waals surface area contributed by atoms with Crippen LogP contribution >= 0.6 is 0 Å². The lowest BCUT2D eigenvalue weighted by atomic mass is 10.1. The van der Waals surface area contributed by atoms with Gasteiger partial charge in [-0.2, -0.15) is 0 Å². The van der Waals surface area contributed by atoms with Crippen molar-refractivity contribution in [1.82, 2.24) is 10.2 Å². The molecule has 0 rings (SSSR count). The van der Waals surface area contributed by atoms with E-state index in [-0.39, 0.29) is 18.4 Å². The van der Waals surface area contributed by atoms with E-state index >= 15 is 0 Å². The van der Waals surface area contributed by atoms with Gasteiger partial charge in [-0.15, -0.1) is 0 Å². The number of hydrogen-bond acceptors (Lipinski definition) is 3. The number of nitrogens with zero attached hydrogens (tertiary/aromatic N) is 1. The highest BCUT2D eigenvalue weighted by molar-refractivity contribution is 5.84. The summed E-state index contributed by atoms with van der Waals surface area (Å²) in [7, 11) is 1.58. The maximum Gasteiger partial charge on any atom is 0.239 e. The lowest BCUT2D eigenvalue weighted by Crippen LogP contribution is -2.40. The van der Waals surface area contributed by atoms with Gasteiger partial charge in [0.1, 0.15) is 0 Å². The van der Waals surface area contributed by atoms with Crippen LogP contribution in [0.2, 0.25) is 0 Å². The first-order chi connectivity index (χ1) is 8.04. The van der Waals surface area contributed by atoms with E-state index in [4.69, 9.17) is 5.73 Å². The molecule has 5 heteroatoms. The molecule has 0 aliphatic rings. The summed E-state index contributed by atoms with van der Waals surface area (Å²) in [6, 6.07) is 0. The molecule has 0 aliphatic heterocycles. The Morgan fingerprint density at radius 1 is 1.41 bits per heavy atom. The molecule has 0 radical (unpaired) electrons. The van der Waals surface area contributed by atoms with Gasteiger partial charge in [-0.1, -0.05) is 13.8 Å². The fourth-order valence-corrected chi connectivity index (χ4v) is 1.46. The van der Waals surface area contributed by atoms with Crippen LogP contribution in [0.15, 0.2) is 0 Å². The summed E-state index contributed by atoms with van der Waals surface area (Å²) in [6.07, 6.45) is 2.10. The first kappa shape index (κ1) is 15.9. The minimum Gasteiger partial charge on any atom is -0.358 e. The molecule has 5 nitrogen and oxygen atoms in total. The average molecular weight is 243 g/mol. The second-order valence-corrected chi connectivity index (χ2v) is 4.37. The van der Waals surface area contributed by atoms with Crippen LogP contribution in [0.5, 0.6) is 0 Å².